The molecule has 0 fully saturated rings. The predicted octanol–water partition coefficient (Wildman–Crippen LogP) is 2.38. The first kappa shape index (κ1) is 6.60. The fraction of sp³-hybridized carbons (Fsp3) is 0.400. The summed E-state index contributed by atoms with van der Waals surface area (Å²) in [6.07, 6.45) is 0.0926. The van der Waals surface area contributed by atoms with Gasteiger partial charge >= 0.3 is 0 Å². The molecule has 0 aliphatic heterocycles. The second kappa shape index (κ2) is 2.72. The minimum atomic E-state index is -0.956. The Kier molecular flexibility index (Phi) is 2.56. The highest BCUT2D eigenvalue weighted by Crippen LogP contribution is 2.08. The molecule has 0 rings (SSSR count). The molecule has 2 heteroatoms. The molecule has 0 spiro atoms. The van der Waals surface area contributed by atoms with Crippen molar-refractivity contribution in [3.8, 4) is 0 Å². The number of rotatable bonds is 1. The zero-order valence-electron chi connectivity index (χ0n) is 4.17. The van der Waals surface area contributed by atoms with Crippen molar-refractivity contribution in [2.24, 2.45) is 0 Å². The molecule has 0 aliphatic carbocycles. The van der Waals surface area contributed by atoms with E-state index in [9.17, 15) is 8.78 Å². The quantitative estimate of drug-likeness (QED) is 0.480. The average molecular weight is 105 g/mol. The van der Waals surface area contributed by atoms with Crippen LogP contribution in [0.1, 0.15) is 13.3 Å². The Bertz CT molecular complexity index is 80.1. The normalized spacial score (nSPS) is 13.7. The van der Waals surface area contributed by atoms with Crippen LogP contribution in [0.5, 0.6) is 0 Å². The van der Waals surface area contributed by atoms with E-state index in [2.05, 4.69) is 6.92 Å². The van der Waals surface area contributed by atoms with E-state index in [1.165, 1.54) is 6.92 Å². The van der Waals surface area contributed by atoms with Crippen LogP contribution in [0.2, 0.25) is 0 Å². The van der Waals surface area contributed by atoms with Gasteiger partial charge in [-0.1, -0.05) is 6.92 Å². The van der Waals surface area contributed by atoms with E-state index in [0.29, 0.717) is 0 Å². The molecule has 0 saturated heterocycles. The molecule has 0 bridgehead atoms. The molecular formula is C5H7F2. The summed E-state index contributed by atoms with van der Waals surface area (Å²) in [5.41, 5.74) is 0. The van der Waals surface area contributed by atoms with Gasteiger partial charge in [-0.2, -0.15) is 0 Å². The van der Waals surface area contributed by atoms with E-state index in [4.69, 9.17) is 0 Å². The molecule has 0 N–H and O–H groups in total. The Labute approximate surface area is 41.8 Å². The highest BCUT2D eigenvalue weighted by Gasteiger charge is 1.93. The largest absolute Gasteiger partial charge is 0.209 e. The second-order valence-corrected chi connectivity index (χ2v) is 1.16. The van der Waals surface area contributed by atoms with E-state index in [1.807, 2.05) is 0 Å². The molecule has 0 unspecified atom stereocenters. The van der Waals surface area contributed by atoms with Crippen molar-refractivity contribution in [1.29, 1.82) is 0 Å². The molecule has 7 heavy (non-hydrogen) atoms. The van der Waals surface area contributed by atoms with Gasteiger partial charge in [0, 0.05) is 6.92 Å². The van der Waals surface area contributed by atoms with Crippen LogP contribution in [0.25, 0.3) is 0 Å². The lowest BCUT2D eigenvalue weighted by molar-refractivity contribution is 0.531. The van der Waals surface area contributed by atoms with Gasteiger partial charge in [0.2, 0.25) is 0 Å². The molecule has 0 nitrogen and oxygen atoms in total. The van der Waals surface area contributed by atoms with Gasteiger partial charge in [-0.15, -0.1) is 0 Å². The first-order chi connectivity index (χ1) is 3.18. The number of allylic oxidation sites excluding steroid dienone is 2. The topological polar surface area (TPSA) is 0 Å². The maximum atomic E-state index is 11.7. The van der Waals surface area contributed by atoms with Crippen molar-refractivity contribution in [3.05, 3.63) is 18.6 Å². The van der Waals surface area contributed by atoms with Crippen LogP contribution in [0.4, 0.5) is 8.78 Å². The Hall–Kier alpha value is -0.400. The number of halogens is 2. The van der Waals surface area contributed by atoms with E-state index >= 15 is 0 Å². The molecule has 0 saturated carbocycles. The molecule has 41 valence electrons. The molecule has 0 atom stereocenters. The van der Waals surface area contributed by atoms with Gasteiger partial charge in [-0.3, -0.25) is 0 Å². The van der Waals surface area contributed by atoms with Gasteiger partial charge in [0.15, 0.2) is 0 Å². The van der Waals surface area contributed by atoms with Crippen LogP contribution in [0.15, 0.2) is 11.7 Å². The van der Waals surface area contributed by atoms with Crippen LogP contribution in [-0.2, 0) is 0 Å². The highest BCUT2D eigenvalue weighted by molar-refractivity contribution is 5.00. The highest BCUT2D eigenvalue weighted by atomic mass is 19.2. The molecule has 0 aromatic heterocycles. The summed E-state index contributed by atoms with van der Waals surface area (Å²) in [4.78, 5) is 0. The van der Waals surface area contributed by atoms with Crippen LogP contribution in [-0.4, -0.2) is 0 Å². The van der Waals surface area contributed by atoms with Crippen molar-refractivity contribution in [2.45, 2.75) is 13.3 Å². The predicted molar refractivity (Wildman–Crippen MR) is 24.9 cm³/mol. The zero-order valence-corrected chi connectivity index (χ0v) is 4.17. The molecular weight excluding hydrogens is 98.1 g/mol. The third kappa shape index (κ3) is 2.31. The molecule has 0 aromatic carbocycles. The van der Waals surface area contributed by atoms with Crippen molar-refractivity contribution >= 4 is 0 Å². The van der Waals surface area contributed by atoms with Crippen LogP contribution < -0.4 is 0 Å². The summed E-state index contributed by atoms with van der Waals surface area (Å²) in [5, 5.41) is 0. The van der Waals surface area contributed by atoms with Crippen molar-refractivity contribution in [1.82, 2.24) is 0 Å². The zero-order chi connectivity index (χ0) is 5.86. The van der Waals surface area contributed by atoms with Crippen LogP contribution in [0.3, 0.4) is 0 Å². The molecule has 0 heterocycles. The Morgan fingerprint density at radius 2 is 2.00 bits per heavy atom. The first-order valence-electron chi connectivity index (χ1n) is 2.04. The third-order valence-electron chi connectivity index (χ3n) is 0.605. The minimum absolute atomic E-state index is 0.0926. The fourth-order valence-electron chi connectivity index (χ4n) is 0.192. The van der Waals surface area contributed by atoms with E-state index in [-0.39, 0.29) is 6.42 Å². The SMILES string of the molecule is [CH2]/C(F)=C(\F)CC. The monoisotopic (exact) mass is 105 g/mol. The van der Waals surface area contributed by atoms with Gasteiger partial charge in [-0.05, 0) is 6.42 Å². The summed E-state index contributed by atoms with van der Waals surface area (Å²) < 4.78 is 23.2. The number of hydrogen-bond acceptors (Lipinski definition) is 0. The lowest BCUT2D eigenvalue weighted by Gasteiger charge is -1.85. The molecule has 0 aromatic rings. The summed E-state index contributed by atoms with van der Waals surface area (Å²) in [6, 6.07) is 0. The fourth-order valence-corrected chi connectivity index (χ4v) is 0.192. The van der Waals surface area contributed by atoms with E-state index < -0.39 is 11.7 Å². The van der Waals surface area contributed by atoms with Crippen molar-refractivity contribution in [3.63, 3.8) is 0 Å². The molecule has 0 aliphatic rings. The van der Waals surface area contributed by atoms with Crippen LogP contribution >= 0.6 is 0 Å². The maximum absolute atomic E-state index is 11.7. The molecule has 0 amide bonds. The average Bonchev–Trinajstić information content (AvgIpc) is 1.65. The lowest BCUT2D eigenvalue weighted by Crippen LogP contribution is -1.70. The first-order valence-corrected chi connectivity index (χ1v) is 2.04. The summed E-state index contributed by atoms with van der Waals surface area (Å²) >= 11 is 0. The van der Waals surface area contributed by atoms with Gasteiger partial charge in [-0.25, -0.2) is 8.78 Å². The summed E-state index contributed by atoms with van der Waals surface area (Å²) in [5.74, 6) is -1.72. The van der Waals surface area contributed by atoms with Crippen molar-refractivity contribution < 1.29 is 8.78 Å². The minimum Gasteiger partial charge on any atom is -0.209 e. The van der Waals surface area contributed by atoms with Gasteiger partial charge in [0.1, 0.15) is 11.7 Å². The Balaban J connectivity index is 3.72. The Morgan fingerprint density at radius 3 is 2.00 bits per heavy atom. The second-order valence-electron chi connectivity index (χ2n) is 1.16. The van der Waals surface area contributed by atoms with Gasteiger partial charge < -0.3 is 0 Å². The summed E-state index contributed by atoms with van der Waals surface area (Å²) in [6.45, 7) is 4.28. The number of hydrogen-bond donors (Lipinski definition) is 0. The van der Waals surface area contributed by atoms with Crippen molar-refractivity contribution in [2.75, 3.05) is 0 Å². The van der Waals surface area contributed by atoms with Crippen LogP contribution in [0, 0.1) is 6.92 Å². The van der Waals surface area contributed by atoms with Gasteiger partial charge in [0.25, 0.3) is 0 Å². The smallest absolute Gasteiger partial charge is 0.132 e. The third-order valence-corrected chi connectivity index (χ3v) is 0.605. The van der Waals surface area contributed by atoms with Gasteiger partial charge in [0.05, 0.1) is 0 Å². The Morgan fingerprint density at radius 1 is 1.57 bits per heavy atom. The summed E-state index contributed by atoms with van der Waals surface area (Å²) in [7, 11) is 0. The lowest BCUT2D eigenvalue weighted by atomic mass is 10.4. The standard InChI is InChI=1S/C5H7F2/c1-3-5(7)4(2)6/h2-3H2,1H3/b5-4+. The van der Waals surface area contributed by atoms with E-state index in [1.54, 1.807) is 0 Å². The maximum Gasteiger partial charge on any atom is 0.132 e. The molecule has 1 radical (unpaired) electrons. The van der Waals surface area contributed by atoms with E-state index in [0.717, 1.165) is 0 Å².